The molecule has 0 saturated heterocycles. The molecule has 1 N–H and O–H groups in total. The fourth-order valence-electron chi connectivity index (χ4n) is 3.79. The normalized spacial score (nSPS) is 11.2. The van der Waals surface area contributed by atoms with E-state index in [2.05, 4.69) is 72.5 Å². The SMILES string of the molecule is Clc1ccc2c(NCCCCN(Cc3ccccc3)Cc3cccnc3Br)ccnc2c1. The number of fused-ring (bicyclic) bond motifs is 1. The van der Waals surface area contributed by atoms with Crippen LogP contribution in [0.15, 0.2) is 83.7 Å². The summed E-state index contributed by atoms with van der Waals surface area (Å²) >= 11 is 9.69. The van der Waals surface area contributed by atoms with Crippen molar-refractivity contribution >= 4 is 44.1 Å². The third kappa shape index (κ3) is 6.28. The number of pyridine rings is 2. The van der Waals surface area contributed by atoms with Crippen molar-refractivity contribution in [1.82, 2.24) is 14.9 Å². The predicted molar refractivity (Wildman–Crippen MR) is 137 cm³/mol. The van der Waals surface area contributed by atoms with Crippen LogP contribution < -0.4 is 5.32 Å². The highest BCUT2D eigenvalue weighted by molar-refractivity contribution is 9.10. The van der Waals surface area contributed by atoms with Gasteiger partial charge in [-0.25, -0.2) is 4.98 Å². The Morgan fingerprint density at radius 1 is 0.875 bits per heavy atom. The lowest BCUT2D eigenvalue weighted by molar-refractivity contribution is 0.251. The van der Waals surface area contributed by atoms with E-state index in [0.29, 0.717) is 5.02 Å². The Labute approximate surface area is 202 Å². The van der Waals surface area contributed by atoms with E-state index in [0.717, 1.165) is 60.2 Å². The third-order valence-corrected chi connectivity index (χ3v) is 6.35. The summed E-state index contributed by atoms with van der Waals surface area (Å²) in [5, 5.41) is 5.38. The summed E-state index contributed by atoms with van der Waals surface area (Å²) in [7, 11) is 0. The van der Waals surface area contributed by atoms with Gasteiger partial charge in [-0.2, -0.15) is 0 Å². The van der Waals surface area contributed by atoms with Gasteiger partial charge in [0.1, 0.15) is 4.60 Å². The Morgan fingerprint density at radius 2 is 1.75 bits per heavy atom. The van der Waals surface area contributed by atoms with Crippen molar-refractivity contribution in [3.05, 3.63) is 99.9 Å². The molecule has 0 aliphatic carbocycles. The van der Waals surface area contributed by atoms with Gasteiger partial charge in [0, 0.05) is 48.1 Å². The molecular weight excluding hydrogens is 484 g/mol. The zero-order valence-corrected chi connectivity index (χ0v) is 20.2. The van der Waals surface area contributed by atoms with Crippen LogP contribution in [0.25, 0.3) is 10.9 Å². The molecule has 0 radical (unpaired) electrons. The molecule has 4 rings (SSSR count). The molecule has 0 aliphatic rings. The molecule has 6 heteroatoms. The Kier molecular flexibility index (Phi) is 8.10. The van der Waals surface area contributed by atoms with E-state index in [1.165, 1.54) is 11.1 Å². The lowest BCUT2D eigenvalue weighted by Crippen LogP contribution is -2.24. The van der Waals surface area contributed by atoms with Crippen LogP contribution in [0.5, 0.6) is 0 Å². The number of hydrogen-bond donors (Lipinski definition) is 1. The quantitative estimate of drug-likeness (QED) is 0.186. The van der Waals surface area contributed by atoms with E-state index in [9.17, 15) is 0 Å². The molecular formula is C26H26BrClN4. The first-order chi connectivity index (χ1) is 15.7. The average molecular weight is 510 g/mol. The van der Waals surface area contributed by atoms with Crippen LogP contribution in [-0.2, 0) is 13.1 Å². The average Bonchev–Trinajstić information content (AvgIpc) is 2.80. The van der Waals surface area contributed by atoms with Crippen molar-refractivity contribution in [3.63, 3.8) is 0 Å². The summed E-state index contributed by atoms with van der Waals surface area (Å²) in [5.41, 5.74) is 4.56. The molecule has 0 saturated carbocycles. The summed E-state index contributed by atoms with van der Waals surface area (Å²) in [5.74, 6) is 0. The Bertz CT molecular complexity index is 1150. The zero-order chi connectivity index (χ0) is 22.2. The minimum atomic E-state index is 0.709. The molecule has 0 fully saturated rings. The number of anilines is 1. The van der Waals surface area contributed by atoms with E-state index < -0.39 is 0 Å². The lowest BCUT2D eigenvalue weighted by Gasteiger charge is -2.23. The van der Waals surface area contributed by atoms with E-state index in [1.807, 2.05) is 42.7 Å². The van der Waals surface area contributed by atoms with Gasteiger partial charge in [0.15, 0.2) is 0 Å². The van der Waals surface area contributed by atoms with Crippen molar-refractivity contribution in [3.8, 4) is 0 Å². The topological polar surface area (TPSA) is 41.0 Å². The van der Waals surface area contributed by atoms with Gasteiger partial charge in [-0.05, 0) is 76.8 Å². The summed E-state index contributed by atoms with van der Waals surface area (Å²) in [6.45, 7) is 3.72. The number of nitrogens with one attached hydrogen (secondary N) is 1. The number of nitrogens with zero attached hydrogens (tertiary/aromatic N) is 3. The second-order valence-electron chi connectivity index (χ2n) is 7.80. The number of unbranched alkanes of at least 4 members (excludes halogenated alkanes) is 1. The summed E-state index contributed by atoms with van der Waals surface area (Å²) in [4.78, 5) is 11.3. The maximum atomic E-state index is 6.10. The maximum absolute atomic E-state index is 6.10. The van der Waals surface area contributed by atoms with Gasteiger partial charge in [0.2, 0.25) is 0 Å². The molecule has 4 nitrogen and oxygen atoms in total. The van der Waals surface area contributed by atoms with Crippen molar-refractivity contribution in [1.29, 1.82) is 0 Å². The van der Waals surface area contributed by atoms with Gasteiger partial charge < -0.3 is 5.32 Å². The highest BCUT2D eigenvalue weighted by Crippen LogP contribution is 2.24. The van der Waals surface area contributed by atoms with Crippen molar-refractivity contribution < 1.29 is 0 Å². The fraction of sp³-hybridized carbons (Fsp3) is 0.231. The van der Waals surface area contributed by atoms with Crippen molar-refractivity contribution in [2.45, 2.75) is 25.9 Å². The number of benzene rings is 2. The second kappa shape index (κ2) is 11.4. The molecule has 2 aromatic heterocycles. The second-order valence-corrected chi connectivity index (χ2v) is 8.99. The highest BCUT2D eigenvalue weighted by Gasteiger charge is 2.10. The van der Waals surface area contributed by atoms with Crippen molar-refractivity contribution in [2.24, 2.45) is 0 Å². The molecule has 0 bridgehead atoms. The highest BCUT2D eigenvalue weighted by atomic mass is 79.9. The van der Waals surface area contributed by atoms with Crippen LogP contribution in [0.4, 0.5) is 5.69 Å². The van der Waals surface area contributed by atoms with Gasteiger partial charge in [-0.1, -0.05) is 48.0 Å². The summed E-state index contributed by atoms with van der Waals surface area (Å²) in [6, 6.07) is 22.6. The van der Waals surface area contributed by atoms with E-state index in [4.69, 9.17) is 11.6 Å². The predicted octanol–water partition coefficient (Wildman–Crippen LogP) is 6.94. The molecule has 164 valence electrons. The van der Waals surface area contributed by atoms with E-state index >= 15 is 0 Å². The van der Waals surface area contributed by atoms with Gasteiger partial charge >= 0.3 is 0 Å². The maximum Gasteiger partial charge on any atom is 0.110 e. The molecule has 0 atom stereocenters. The van der Waals surface area contributed by atoms with Crippen LogP contribution in [-0.4, -0.2) is 28.0 Å². The Balaban J connectivity index is 1.33. The molecule has 2 heterocycles. The zero-order valence-electron chi connectivity index (χ0n) is 17.8. The monoisotopic (exact) mass is 508 g/mol. The van der Waals surface area contributed by atoms with Crippen LogP contribution in [0.1, 0.15) is 24.0 Å². The molecule has 4 aromatic rings. The summed E-state index contributed by atoms with van der Waals surface area (Å²) < 4.78 is 0.921. The van der Waals surface area contributed by atoms with Crippen LogP contribution in [0.2, 0.25) is 5.02 Å². The Hall–Kier alpha value is -2.47. The first kappa shape index (κ1) is 22.7. The van der Waals surface area contributed by atoms with Gasteiger partial charge in [0.05, 0.1) is 5.52 Å². The number of rotatable bonds is 10. The van der Waals surface area contributed by atoms with Crippen LogP contribution in [0.3, 0.4) is 0 Å². The number of hydrogen-bond acceptors (Lipinski definition) is 4. The van der Waals surface area contributed by atoms with Crippen LogP contribution >= 0.6 is 27.5 Å². The third-order valence-electron chi connectivity index (χ3n) is 5.40. The Morgan fingerprint density at radius 3 is 2.59 bits per heavy atom. The minimum absolute atomic E-state index is 0.709. The smallest absolute Gasteiger partial charge is 0.110 e. The number of halogens is 2. The first-order valence-corrected chi connectivity index (χ1v) is 12.0. The van der Waals surface area contributed by atoms with Gasteiger partial charge in [-0.15, -0.1) is 0 Å². The van der Waals surface area contributed by atoms with E-state index in [-0.39, 0.29) is 0 Å². The van der Waals surface area contributed by atoms with E-state index in [1.54, 1.807) is 0 Å². The summed E-state index contributed by atoms with van der Waals surface area (Å²) in [6.07, 6.45) is 5.83. The lowest BCUT2D eigenvalue weighted by atomic mass is 10.1. The van der Waals surface area contributed by atoms with Gasteiger partial charge in [0.25, 0.3) is 0 Å². The van der Waals surface area contributed by atoms with Crippen LogP contribution in [0, 0.1) is 0 Å². The molecule has 2 aromatic carbocycles. The molecule has 32 heavy (non-hydrogen) atoms. The molecule has 0 unspecified atom stereocenters. The molecule has 0 spiro atoms. The van der Waals surface area contributed by atoms with Crippen molar-refractivity contribution in [2.75, 3.05) is 18.4 Å². The molecule has 0 amide bonds. The molecule has 0 aliphatic heterocycles. The standard InChI is InChI=1S/C26H26BrClN4/c27-26-21(9-6-14-31-26)19-32(18-20-7-2-1-3-8-20)16-5-4-13-29-24-12-15-30-25-17-22(28)10-11-23(24)25/h1-3,6-12,14-15,17H,4-5,13,16,18-19H2,(H,29,30). The largest absolute Gasteiger partial charge is 0.384 e. The minimum Gasteiger partial charge on any atom is -0.384 e. The fourth-order valence-corrected chi connectivity index (χ4v) is 4.33. The van der Waals surface area contributed by atoms with Gasteiger partial charge in [-0.3, -0.25) is 9.88 Å². The number of aromatic nitrogens is 2. The first-order valence-electron chi connectivity index (χ1n) is 10.8.